The lowest BCUT2D eigenvalue weighted by molar-refractivity contribution is 0.530. The number of aliphatic imine (C=N–C) groups is 2. The zero-order valence-corrected chi connectivity index (χ0v) is 13.7. The fourth-order valence-corrected chi connectivity index (χ4v) is 2.59. The van der Waals surface area contributed by atoms with Gasteiger partial charge in [-0.3, -0.25) is 0 Å². The summed E-state index contributed by atoms with van der Waals surface area (Å²) in [5.41, 5.74) is 12.2. The van der Waals surface area contributed by atoms with Gasteiger partial charge in [-0.25, -0.2) is 4.99 Å². The first-order chi connectivity index (χ1) is 10.2. The van der Waals surface area contributed by atoms with Crippen molar-refractivity contribution >= 4 is 24.3 Å². The van der Waals surface area contributed by atoms with Crippen molar-refractivity contribution in [3.05, 3.63) is 35.9 Å². The van der Waals surface area contributed by atoms with E-state index >= 15 is 0 Å². The van der Waals surface area contributed by atoms with Crippen LogP contribution in [0, 0.1) is 0 Å². The number of nitrogens with one attached hydrogen (secondary N) is 1. The van der Waals surface area contributed by atoms with Crippen LogP contribution in [0.2, 0.25) is 0 Å². The molecule has 1 aliphatic rings. The average Bonchev–Trinajstić information content (AvgIpc) is 2.74. The lowest BCUT2D eigenvalue weighted by Crippen LogP contribution is -2.36. The molecule has 1 aromatic rings. The van der Waals surface area contributed by atoms with Crippen LogP contribution in [-0.2, 0) is 6.54 Å². The molecule has 0 aromatic heterocycles. The maximum absolute atomic E-state index is 5.51. The minimum Gasteiger partial charge on any atom is -0.370 e. The number of hydrogen-bond donors (Lipinski definition) is 3. The summed E-state index contributed by atoms with van der Waals surface area (Å²) < 4.78 is 0. The summed E-state index contributed by atoms with van der Waals surface area (Å²) >= 11 is 0. The molecule has 0 amide bonds. The molecular formula is C16H26ClN5. The van der Waals surface area contributed by atoms with Crippen LogP contribution in [0.5, 0.6) is 0 Å². The van der Waals surface area contributed by atoms with E-state index in [1.165, 1.54) is 25.7 Å². The molecule has 0 unspecified atom stereocenters. The van der Waals surface area contributed by atoms with Gasteiger partial charge in [0.2, 0.25) is 5.96 Å². The van der Waals surface area contributed by atoms with E-state index in [4.69, 9.17) is 11.5 Å². The second kappa shape index (κ2) is 10.1. The summed E-state index contributed by atoms with van der Waals surface area (Å²) in [5, 5.41) is 3.40. The van der Waals surface area contributed by atoms with Crippen LogP contribution in [0.1, 0.15) is 44.1 Å². The predicted octanol–water partition coefficient (Wildman–Crippen LogP) is 2.55. The van der Waals surface area contributed by atoms with Crippen molar-refractivity contribution in [1.82, 2.24) is 5.32 Å². The standard InChI is InChI=1S/C16H25N5.ClH/c17-15(18)21-16(19-12-13-8-4-3-5-9-13)20-14-10-6-1-2-7-11-14;/h3-5,8-9,14H,1-2,6-7,10-12H2,(H5,17,18,19,20,21);1H. The second-order valence-corrected chi connectivity index (χ2v) is 5.49. The Hall–Kier alpha value is -1.75. The molecule has 122 valence electrons. The van der Waals surface area contributed by atoms with Crippen LogP contribution in [-0.4, -0.2) is 18.0 Å². The fraction of sp³-hybridized carbons (Fsp3) is 0.500. The highest BCUT2D eigenvalue weighted by atomic mass is 35.5. The largest absolute Gasteiger partial charge is 0.370 e. The van der Waals surface area contributed by atoms with E-state index in [1.807, 2.05) is 30.3 Å². The summed E-state index contributed by atoms with van der Waals surface area (Å²) in [6.07, 6.45) is 7.46. The quantitative estimate of drug-likeness (QED) is 0.453. The SMILES string of the molecule is Cl.NC(N)=NC(=NCc1ccccc1)NC1CCCCCC1. The molecule has 22 heavy (non-hydrogen) atoms. The van der Waals surface area contributed by atoms with Crippen molar-refractivity contribution in [2.45, 2.75) is 51.1 Å². The summed E-state index contributed by atoms with van der Waals surface area (Å²) in [7, 11) is 0. The van der Waals surface area contributed by atoms with Crippen molar-refractivity contribution in [2.24, 2.45) is 21.5 Å². The molecule has 1 aliphatic carbocycles. The summed E-state index contributed by atoms with van der Waals surface area (Å²) in [5.74, 6) is 0.591. The van der Waals surface area contributed by atoms with Crippen LogP contribution < -0.4 is 16.8 Å². The number of nitrogens with two attached hydrogens (primary N) is 2. The van der Waals surface area contributed by atoms with Gasteiger partial charge in [-0.15, -0.1) is 12.4 Å². The molecular weight excluding hydrogens is 298 g/mol. The number of nitrogens with zero attached hydrogens (tertiary/aromatic N) is 2. The normalized spacial score (nSPS) is 16.3. The van der Waals surface area contributed by atoms with E-state index in [0.29, 0.717) is 18.5 Å². The van der Waals surface area contributed by atoms with Gasteiger partial charge >= 0.3 is 0 Å². The van der Waals surface area contributed by atoms with Gasteiger partial charge in [-0.1, -0.05) is 56.0 Å². The van der Waals surface area contributed by atoms with Gasteiger partial charge in [-0.2, -0.15) is 4.99 Å². The molecule has 5 N–H and O–H groups in total. The van der Waals surface area contributed by atoms with Gasteiger partial charge < -0.3 is 16.8 Å². The highest BCUT2D eigenvalue weighted by Gasteiger charge is 2.13. The molecule has 1 aromatic carbocycles. The molecule has 1 saturated carbocycles. The Morgan fingerprint density at radius 3 is 2.27 bits per heavy atom. The fourth-order valence-electron chi connectivity index (χ4n) is 2.59. The predicted molar refractivity (Wildman–Crippen MR) is 95.3 cm³/mol. The Bertz CT molecular complexity index is 475. The zero-order chi connectivity index (χ0) is 14.9. The third-order valence-electron chi connectivity index (χ3n) is 3.68. The third-order valence-corrected chi connectivity index (χ3v) is 3.68. The first-order valence-corrected chi connectivity index (χ1v) is 7.68. The molecule has 0 heterocycles. The minimum atomic E-state index is 0. The van der Waals surface area contributed by atoms with Crippen LogP contribution in [0.3, 0.4) is 0 Å². The number of halogens is 1. The lowest BCUT2D eigenvalue weighted by Gasteiger charge is -2.17. The van der Waals surface area contributed by atoms with E-state index in [2.05, 4.69) is 15.3 Å². The monoisotopic (exact) mass is 323 g/mol. The van der Waals surface area contributed by atoms with Crippen molar-refractivity contribution in [3.8, 4) is 0 Å². The summed E-state index contributed by atoms with van der Waals surface area (Å²) in [4.78, 5) is 8.64. The Morgan fingerprint density at radius 2 is 1.68 bits per heavy atom. The number of benzene rings is 1. The molecule has 0 bridgehead atoms. The molecule has 5 nitrogen and oxygen atoms in total. The molecule has 0 spiro atoms. The average molecular weight is 324 g/mol. The van der Waals surface area contributed by atoms with Crippen molar-refractivity contribution in [2.75, 3.05) is 0 Å². The summed E-state index contributed by atoms with van der Waals surface area (Å²) in [6.45, 7) is 0.576. The molecule has 0 radical (unpaired) electrons. The Labute approximate surface area is 138 Å². The highest BCUT2D eigenvalue weighted by Crippen LogP contribution is 2.17. The smallest absolute Gasteiger partial charge is 0.221 e. The van der Waals surface area contributed by atoms with Gasteiger partial charge in [0, 0.05) is 6.04 Å². The van der Waals surface area contributed by atoms with E-state index in [9.17, 15) is 0 Å². The third kappa shape index (κ3) is 6.80. The van der Waals surface area contributed by atoms with E-state index in [1.54, 1.807) is 0 Å². The lowest BCUT2D eigenvalue weighted by atomic mass is 10.1. The van der Waals surface area contributed by atoms with Gasteiger partial charge in [-0.05, 0) is 18.4 Å². The van der Waals surface area contributed by atoms with Gasteiger partial charge in [0.15, 0.2) is 5.96 Å². The van der Waals surface area contributed by atoms with Crippen LogP contribution in [0.15, 0.2) is 40.3 Å². The maximum atomic E-state index is 5.51. The zero-order valence-electron chi connectivity index (χ0n) is 12.9. The van der Waals surface area contributed by atoms with Crippen molar-refractivity contribution in [1.29, 1.82) is 0 Å². The van der Waals surface area contributed by atoms with Gasteiger partial charge in [0.1, 0.15) is 0 Å². The molecule has 0 atom stereocenters. The van der Waals surface area contributed by atoms with Crippen LogP contribution in [0.4, 0.5) is 0 Å². The first kappa shape index (κ1) is 18.3. The molecule has 2 rings (SSSR count). The minimum absolute atomic E-state index is 0. The van der Waals surface area contributed by atoms with Crippen LogP contribution >= 0.6 is 12.4 Å². The Kier molecular flexibility index (Phi) is 8.36. The molecule has 1 fully saturated rings. The molecule has 6 heteroatoms. The number of hydrogen-bond acceptors (Lipinski definition) is 1. The maximum Gasteiger partial charge on any atom is 0.221 e. The van der Waals surface area contributed by atoms with E-state index < -0.39 is 0 Å². The number of guanidine groups is 2. The first-order valence-electron chi connectivity index (χ1n) is 7.68. The molecule has 0 saturated heterocycles. The van der Waals surface area contributed by atoms with Gasteiger partial charge in [0.05, 0.1) is 6.54 Å². The Morgan fingerprint density at radius 1 is 1.05 bits per heavy atom. The van der Waals surface area contributed by atoms with Gasteiger partial charge in [0.25, 0.3) is 0 Å². The topological polar surface area (TPSA) is 88.8 Å². The van der Waals surface area contributed by atoms with Crippen LogP contribution in [0.25, 0.3) is 0 Å². The van der Waals surface area contributed by atoms with E-state index in [-0.39, 0.29) is 18.4 Å². The second-order valence-electron chi connectivity index (χ2n) is 5.49. The van der Waals surface area contributed by atoms with E-state index in [0.717, 1.165) is 18.4 Å². The van der Waals surface area contributed by atoms with Crippen molar-refractivity contribution in [3.63, 3.8) is 0 Å². The number of rotatable bonds is 3. The van der Waals surface area contributed by atoms with Crippen molar-refractivity contribution < 1.29 is 0 Å². The summed E-state index contributed by atoms with van der Waals surface area (Å²) in [6, 6.07) is 10.5. The highest BCUT2D eigenvalue weighted by molar-refractivity contribution is 5.93. The Balaban J connectivity index is 0.00000242. The molecule has 0 aliphatic heterocycles.